The van der Waals surface area contributed by atoms with Crippen LogP contribution >= 0.6 is 11.8 Å². The van der Waals surface area contributed by atoms with Crippen molar-refractivity contribution in [3.05, 3.63) is 63.7 Å². The summed E-state index contributed by atoms with van der Waals surface area (Å²) >= 11 is 1.24. The highest BCUT2D eigenvalue weighted by Gasteiger charge is 2.36. The van der Waals surface area contributed by atoms with Crippen molar-refractivity contribution in [2.24, 2.45) is 16.0 Å². The molecule has 2 aliphatic heterocycles. The first kappa shape index (κ1) is 26.0. The van der Waals surface area contributed by atoms with Crippen molar-refractivity contribution in [2.45, 2.75) is 25.7 Å². The lowest BCUT2D eigenvalue weighted by Gasteiger charge is -2.20. The first-order chi connectivity index (χ1) is 17.5. The molecule has 0 aliphatic carbocycles. The van der Waals surface area contributed by atoms with E-state index in [4.69, 9.17) is 14.3 Å². The highest BCUT2D eigenvalue weighted by molar-refractivity contribution is 8.27. The molecule has 1 N–H and O–H groups in total. The topological polar surface area (TPSA) is 165 Å². The van der Waals surface area contributed by atoms with Gasteiger partial charge in [-0.05, 0) is 48.5 Å². The smallest absolute Gasteiger partial charge is 0.346 e. The van der Waals surface area contributed by atoms with Crippen LogP contribution in [0, 0.1) is 21.4 Å². The van der Waals surface area contributed by atoms with E-state index >= 15 is 0 Å². The number of hydrogen-bond donors (Lipinski definition) is 1. The molecule has 0 unspecified atom stereocenters. The zero-order chi connectivity index (χ0) is 26.9. The maximum Gasteiger partial charge on any atom is 0.346 e. The second-order valence-electron chi connectivity index (χ2n) is 8.01. The van der Waals surface area contributed by atoms with Gasteiger partial charge in [0, 0.05) is 12.0 Å². The zero-order valence-electron chi connectivity index (χ0n) is 19.9. The summed E-state index contributed by atoms with van der Waals surface area (Å²) in [5, 5.41) is 26.5. The molecule has 14 heteroatoms. The van der Waals surface area contributed by atoms with Crippen LogP contribution in [0.4, 0.5) is 5.69 Å². The number of amidine groups is 2. The van der Waals surface area contributed by atoms with Crippen LogP contribution in [0.25, 0.3) is 6.08 Å². The predicted molar refractivity (Wildman–Crippen MR) is 138 cm³/mol. The molecule has 0 bridgehead atoms. The van der Waals surface area contributed by atoms with Crippen molar-refractivity contribution in [3.63, 3.8) is 0 Å². The summed E-state index contributed by atoms with van der Waals surface area (Å²) in [6, 6.07) is 9.02. The first-order valence-corrected chi connectivity index (χ1v) is 13.2. The number of hydrazone groups is 1. The molecule has 0 fully saturated rings. The minimum atomic E-state index is -4.58. The first-order valence-electron chi connectivity index (χ1n) is 11.0. The van der Waals surface area contributed by atoms with E-state index in [-0.39, 0.29) is 35.4 Å². The lowest BCUT2D eigenvalue weighted by molar-refractivity contribution is -0.387. The number of fused-ring (bicyclic) bond motifs is 1. The fourth-order valence-electron chi connectivity index (χ4n) is 3.34. The van der Waals surface area contributed by atoms with E-state index in [2.05, 4.69) is 10.1 Å². The molecule has 0 saturated heterocycles. The maximum atomic E-state index is 12.8. The number of thioether (sulfide) groups is 1. The van der Waals surface area contributed by atoms with E-state index in [0.29, 0.717) is 10.7 Å². The van der Waals surface area contributed by atoms with Crippen LogP contribution in [0.3, 0.4) is 0 Å². The average Bonchev–Trinajstić information content (AvgIpc) is 3.28. The summed E-state index contributed by atoms with van der Waals surface area (Å²) in [6.45, 7) is 5.73. The Hall–Kier alpha value is -4.04. The van der Waals surface area contributed by atoms with Gasteiger partial charge in [-0.1, -0.05) is 32.0 Å². The second kappa shape index (κ2) is 10.1. The highest BCUT2D eigenvalue weighted by Crippen LogP contribution is 2.35. The Bertz CT molecular complexity index is 1510. The number of amides is 1. The van der Waals surface area contributed by atoms with E-state index in [9.17, 15) is 23.3 Å². The van der Waals surface area contributed by atoms with Crippen molar-refractivity contribution >= 4 is 55.6 Å². The van der Waals surface area contributed by atoms with Crippen LogP contribution in [0.1, 0.15) is 26.3 Å². The monoisotopic (exact) mass is 543 g/mol. The number of nitro groups is 1. The van der Waals surface area contributed by atoms with Crippen LogP contribution in [-0.4, -0.2) is 46.9 Å². The zero-order valence-corrected chi connectivity index (χ0v) is 21.5. The molecule has 192 valence electrons. The number of nitrogens with one attached hydrogen (secondary N) is 1. The molecule has 0 spiro atoms. The number of ether oxygens (including phenoxy) is 1. The lowest BCUT2D eigenvalue weighted by atomic mass is 10.1. The molecule has 4 rings (SSSR count). The Labute approximate surface area is 216 Å². The number of para-hydroxylation sites is 1. The van der Waals surface area contributed by atoms with Gasteiger partial charge in [0.25, 0.3) is 11.6 Å². The number of hydrogen-bond acceptors (Lipinski definition) is 10. The third kappa shape index (κ3) is 5.24. The molecular weight excluding hydrogens is 522 g/mol. The molecule has 0 atom stereocenters. The van der Waals surface area contributed by atoms with Gasteiger partial charge in [0.05, 0.1) is 17.1 Å². The van der Waals surface area contributed by atoms with E-state index in [0.717, 1.165) is 17.2 Å². The van der Waals surface area contributed by atoms with Gasteiger partial charge in [-0.2, -0.15) is 23.5 Å². The summed E-state index contributed by atoms with van der Waals surface area (Å²) in [5.74, 6) is -0.829. The molecule has 2 aromatic rings. The summed E-state index contributed by atoms with van der Waals surface area (Å²) in [5.41, 5.74) is -0.230. The molecular formula is C23H21N5O7S2. The molecule has 0 radical (unpaired) electrons. The van der Waals surface area contributed by atoms with Crippen LogP contribution in [-0.2, 0) is 14.9 Å². The minimum Gasteiger partial charge on any atom is -0.490 e. The SMILES string of the molecule is CCOc1cc(/C=C2/C(=N)N3N=C(C(C)C)SC3=NC2=O)ccc1OS(=O)(=O)c1ccccc1[N+](=O)[O-]. The van der Waals surface area contributed by atoms with E-state index in [1.165, 1.54) is 53.2 Å². The van der Waals surface area contributed by atoms with Crippen molar-refractivity contribution in [2.75, 3.05) is 6.61 Å². The van der Waals surface area contributed by atoms with E-state index < -0.39 is 31.5 Å². The van der Waals surface area contributed by atoms with Crippen molar-refractivity contribution < 1.29 is 27.1 Å². The molecule has 0 saturated carbocycles. The van der Waals surface area contributed by atoms with E-state index in [1.54, 1.807) is 6.92 Å². The Balaban J connectivity index is 1.67. The van der Waals surface area contributed by atoms with Gasteiger partial charge in [0.1, 0.15) is 5.04 Å². The number of benzene rings is 2. The van der Waals surface area contributed by atoms with Gasteiger partial charge in [0.15, 0.2) is 22.2 Å². The van der Waals surface area contributed by atoms with E-state index in [1.807, 2.05) is 13.8 Å². The van der Waals surface area contributed by atoms with Crippen molar-refractivity contribution in [1.82, 2.24) is 5.01 Å². The van der Waals surface area contributed by atoms with Crippen molar-refractivity contribution in [3.8, 4) is 11.5 Å². The number of rotatable bonds is 8. The summed E-state index contributed by atoms with van der Waals surface area (Å²) in [4.78, 5) is 26.6. The second-order valence-corrected chi connectivity index (χ2v) is 10.5. The number of aliphatic imine (C=N–C) groups is 1. The highest BCUT2D eigenvalue weighted by atomic mass is 32.2. The number of nitrogens with zero attached hydrogens (tertiary/aromatic N) is 4. The largest absolute Gasteiger partial charge is 0.490 e. The standard InChI is InChI=1S/C23H21N5O7S2/c1-4-34-18-12-14(11-15-20(24)27-23(25-21(15)29)36-22(26-27)13(2)3)9-10-17(18)35-37(32,33)19-8-6-5-7-16(19)28(30)31/h5-13,24H,4H2,1-3H3/b15-11-,24-20?. The van der Waals surface area contributed by atoms with Gasteiger partial charge in [-0.25, -0.2) is 0 Å². The summed E-state index contributed by atoms with van der Waals surface area (Å²) in [7, 11) is -4.58. The fraction of sp³-hybridized carbons (Fsp3) is 0.217. The third-order valence-electron chi connectivity index (χ3n) is 5.07. The Morgan fingerprint density at radius 1 is 1.22 bits per heavy atom. The Kier molecular flexibility index (Phi) is 7.14. The average molecular weight is 544 g/mol. The van der Waals surface area contributed by atoms with Crippen LogP contribution < -0.4 is 8.92 Å². The molecule has 0 aromatic heterocycles. The van der Waals surface area contributed by atoms with Crippen LogP contribution in [0.5, 0.6) is 11.5 Å². The molecule has 2 aromatic carbocycles. The molecule has 2 aliphatic rings. The summed E-state index contributed by atoms with van der Waals surface area (Å²) in [6.07, 6.45) is 1.42. The Morgan fingerprint density at radius 3 is 2.62 bits per heavy atom. The molecule has 12 nitrogen and oxygen atoms in total. The van der Waals surface area contributed by atoms with Crippen LogP contribution in [0.15, 0.2) is 63.0 Å². The quantitative estimate of drug-likeness (QED) is 0.224. The number of nitro benzene ring substituents is 1. The maximum absolute atomic E-state index is 12.8. The van der Waals surface area contributed by atoms with Gasteiger partial charge < -0.3 is 8.92 Å². The van der Waals surface area contributed by atoms with Gasteiger partial charge >= 0.3 is 10.1 Å². The minimum absolute atomic E-state index is 0.0123. The van der Waals surface area contributed by atoms with Gasteiger partial charge in [-0.15, -0.1) is 0 Å². The van der Waals surface area contributed by atoms with Crippen molar-refractivity contribution in [1.29, 1.82) is 5.41 Å². The van der Waals surface area contributed by atoms with Gasteiger partial charge in [0.2, 0.25) is 5.17 Å². The van der Waals surface area contributed by atoms with Gasteiger partial charge in [-0.3, -0.25) is 20.3 Å². The third-order valence-corrected chi connectivity index (χ3v) is 7.57. The fourth-order valence-corrected chi connectivity index (χ4v) is 5.34. The molecule has 1 amide bonds. The van der Waals surface area contributed by atoms with Crippen LogP contribution in [0.2, 0.25) is 0 Å². The number of carbonyl (C=O) groups is 1. The molecule has 2 heterocycles. The number of carbonyl (C=O) groups excluding carboxylic acids is 1. The molecule has 37 heavy (non-hydrogen) atoms. The normalized spacial score (nSPS) is 16.5. The summed E-state index contributed by atoms with van der Waals surface area (Å²) < 4.78 is 36.4. The Morgan fingerprint density at radius 2 is 1.95 bits per heavy atom. The predicted octanol–water partition coefficient (Wildman–Crippen LogP) is 4.04. The lowest BCUT2D eigenvalue weighted by Crippen LogP contribution is -2.35.